The van der Waals surface area contributed by atoms with E-state index in [0.29, 0.717) is 36.8 Å². The summed E-state index contributed by atoms with van der Waals surface area (Å²) >= 11 is 0. The van der Waals surface area contributed by atoms with Crippen molar-refractivity contribution in [1.29, 1.82) is 0 Å². The van der Waals surface area contributed by atoms with Gasteiger partial charge in [-0.15, -0.1) is 5.10 Å². The third-order valence-electron chi connectivity index (χ3n) is 7.32. The minimum atomic E-state index is -0.623. The van der Waals surface area contributed by atoms with Crippen LogP contribution in [0.15, 0.2) is 92.9 Å². The summed E-state index contributed by atoms with van der Waals surface area (Å²) in [6, 6.07) is 20.7. The van der Waals surface area contributed by atoms with E-state index in [1.54, 1.807) is 24.3 Å². The topological polar surface area (TPSA) is 115 Å². The number of aromatic nitrogens is 5. The number of aryl methyl sites for hydroxylation is 2. The summed E-state index contributed by atoms with van der Waals surface area (Å²) in [7, 11) is 1.64. The maximum Gasteiger partial charge on any atom is 0.253 e. The number of nitrogens with zero attached hydrogens (tertiary/aromatic N) is 5. The normalized spacial score (nSPS) is 12.3. The Bertz CT molecular complexity index is 1800. The third-order valence-corrected chi connectivity index (χ3v) is 7.32. The van der Waals surface area contributed by atoms with Crippen LogP contribution in [-0.4, -0.2) is 37.2 Å². The fourth-order valence-electron chi connectivity index (χ4n) is 5.07. The lowest BCUT2D eigenvalue weighted by Gasteiger charge is -2.30. The van der Waals surface area contributed by atoms with Crippen LogP contribution in [0.4, 0.5) is 0 Å². The average Bonchev–Trinajstić information content (AvgIpc) is 3.76. The molecule has 0 fully saturated rings. The number of nitrogens with one attached hydrogen (secondary N) is 1. The van der Waals surface area contributed by atoms with Crippen molar-refractivity contribution < 1.29 is 13.6 Å². The Morgan fingerprint density at radius 1 is 0.951 bits per heavy atom. The molecule has 4 heterocycles. The van der Waals surface area contributed by atoms with Crippen LogP contribution in [-0.2, 0) is 19.6 Å². The smallest absolute Gasteiger partial charge is 0.253 e. The molecule has 0 saturated carbocycles. The molecule has 4 aromatic heterocycles. The van der Waals surface area contributed by atoms with E-state index in [-0.39, 0.29) is 5.56 Å². The van der Waals surface area contributed by atoms with Crippen molar-refractivity contribution >= 4 is 10.9 Å². The fourth-order valence-corrected chi connectivity index (χ4v) is 5.07. The summed E-state index contributed by atoms with van der Waals surface area (Å²) in [5.74, 6) is 2.72. The number of aromatic amines is 1. The molecule has 0 unspecified atom stereocenters. The Labute approximate surface area is 236 Å². The molecule has 0 amide bonds. The van der Waals surface area contributed by atoms with Crippen LogP contribution in [0, 0.1) is 13.8 Å². The number of tetrazole rings is 1. The van der Waals surface area contributed by atoms with Gasteiger partial charge in [-0.05, 0) is 101 Å². The standard InChI is InChI=1S/C31H30N6O4/c1-20-14-23-16-27(31(38)32-28(23)15-21(20)2)29(30-33-34-35-37(30)19-26-7-5-13-41-26)36(18-25-6-4-12-40-25)17-22-8-10-24(39-3)11-9-22/h4-16,29H,17-19H2,1-3H3,(H,32,38)/t29-/m1/s1. The Balaban J connectivity index is 1.52. The molecule has 41 heavy (non-hydrogen) atoms. The number of H-pyrrole nitrogens is 1. The van der Waals surface area contributed by atoms with Crippen LogP contribution in [0.5, 0.6) is 5.75 Å². The number of fused-ring (bicyclic) bond motifs is 1. The Morgan fingerprint density at radius 2 is 1.68 bits per heavy atom. The van der Waals surface area contributed by atoms with Gasteiger partial charge in [-0.1, -0.05) is 12.1 Å². The lowest BCUT2D eigenvalue weighted by Crippen LogP contribution is -2.34. The summed E-state index contributed by atoms with van der Waals surface area (Å²) in [4.78, 5) is 19.1. The fraction of sp³-hybridized carbons (Fsp3) is 0.226. The summed E-state index contributed by atoms with van der Waals surface area (Å²) < 4.78 is 18.4. The molecule has 0 saturated heterocycles. The number of rotatable bonds is 10. The minimum Gasteiger partial charge on any atom is -0.497 e. The van der Waals surface area contributed by atoms with E-state index in [1.165, 1.54) is 0 Å². The van der Waals surface area contributed by atoms with E-state index < -0.39 is 6.04 Å². The van der Waals surface area contributed by atoms with Gasteiger partial charge in [0.1, 0.15) is 29.9 Å². The SMILES string of the molecule is COc1ccc(CN(Cc2ccco2)[C@H](c2cc3cc(C)c(C)cc3[nH]c2=O)c2nnnn2Cc2ccco2)cc1. The Kier molecular flexibility index (Phi) is 7.22. The van der Waals surface area contributed by atoms with E-state index in [1.807, 2.05) is 67.6 Å². The first kappa shape index (κ1) is 26.3. The van der Waals surface area contributed by atoms with Crippen molar-refractivity contribution in [3.8, 4) is 5.75 Å². The molecule has 0 aliphatic heterocycles. The quantitative estimate of drug-likeness (QED) is 0.249. The minimum absolute atomic E-state index is 0.211. The zero-order valence-corrected chi connectivity index (χ0v) is 23.1. The van der Waals surface area contributed by atoms with Crippen LogP contribution in [0.2, 0.25) is 0 Å². The Hall–Kier alpha value is -4.96. The molecule has 0 aliphatic carbocycles. The molecular formula is C31H30N6O4. The molecule has 10 nitrogen and oxygen atoms in total. The zero-order chi connectivity index (χ0) is 28.3. The highest BCUT2D eigenvalue weighted by Gasteiger charge is 2.32. The summed E-state index contributed by atoms with van der Waals surface area (Å²) in [5, 5.41) is 13.7. The van der Waals surface area contributed by atoms with Gasteiger partial charge in [0.2, 0.25) is 0 Å². The number of furan rings is 2. The van der Waals surface area contributed by atoms with E-state index in [4.69, 9.17) is 13.6 Å². The van der Waals surface area contributed by atoms with Crippen molar-refractivity contribution in [3.63, 3.8) is 0 Å². The van der Waals surface area contributed by atoms with Crippen molar-refractivity contribution in [2.75, 3.05) is 7.11 Å². The third kappa shape index (κ3) is 5.55. The number of hydrogen-bond donors (Lipinski definition) is 1. The van der Waals surface area contributed by atoms with E-state index in [0.717, 1.165) is 39.1 Å². The van der Waals surface area contributed by atoms with Gasteiger partial charge in [-0.2, -0.15) is 0 Å². The summed E-state index contributed by atoms with van der Waals surface area (Å²) in [5.41, 5.74) is 4.37. The van der Waals surface area contributed by atoms with Crippen LogP contribution in [0.1, 0.15) is 45.6 Å². The first-order valence-corrected chi connectivity index (χ1v) is 13.3. The number of methoxy groups -OCH3 is 1. The monoisotopic (exact) mass is 550 g/mol. The van der Waals surface area contributed by atoms with Crippen LogP contribution >= 0.6 is 0 Å². The largest absolute Gasteiger partial charge is 0.497 e. The highest BCUT2D eigenvalue weighted by molar-refractivity contribution is 5.81. The first-order valence-electron chi connectivity index (χ1n) is 13.3. The van der Waals surface area contributed by atoms with Gasteiger partial charge in [0.25, 0.3) is 5.56 Å². The van der Waals surface area contributed by atoms with Gasteiger partial charge in [0, 0.05) is 17.6 Å². The average molecular weight is 551 g/mol. The highest BCUT2D eigenvalue weighted by atomic mass is 16.5. The zero-order valence-electron chi connectivity index (χ0n) is 23.1. The Morgan fingerprint density at radius 3 is 2.39 bits per heavy atom. The molecule has 1 atom stereocenters. The number of pyridine rings is 1. The number of benzene rings is 2. The molecular weight excluding hydrogens is 520 g/mol. The maximum atomic E-state index is 13.8. The van der Waals surface area contributed by atoms with Crippen LogP contribution in [0.25, 0.3) is 10.9 Å². The van der Waals surface area contributed by atoms with Crippen molar-refractivity contribution in [1.82, 2.24) is 30.1 Å². The van der Waals surface area contributed by atoms with Gasteiger partial charge >= 0.3 is 0 Å². The second kappa shape index (κ2) is 11.3. The van der Waals surface area contributed by atoms with Crippen molar-refractivity contribution in [2.45, 2.75) is 39.5 Å². The van der Waals surface area contributed by atoms with E-state index >= 15 is 0 Å². The molecule has 2 aromatic carbocycles. The lowest BCUT2D eigenvalue weighted by atomic mass is 10.00. The summed E-state index contributed by atoms with van der Waals surface area (Å²) in [6.45, 7) is 5.29. The second-order valence-corrected chi connectivity index (χ2v) is 10.1. The van der Waals surface area contributed by atoms with Gasteiger partial charge in [-0.25, -0.2) is 4.68 Å². The molecule has 6 rings (SSSR count). The second-order valence-electron chi connectivity index (χ2n) is 10.1. The van der Waals surface area contributed by atoms with E-state index in [2.05, 4.69) is 38.4 Å². The van der Waals surface area contributed by atoms with Gasteiger partial charge in [0.15, 0.2) is 5.82 Å². The lowest BCUT2D eigenvalue weighted by molar-refractivity contribution is 0.179. The molecule has 0 aliphatic rings. The predicted molar refractivity (Wildman–Crippen MR) is 152 cm³/mol. The molecule has 0 radical (unpaired) electrons. The molecule has 0 spiro atoms. The van der Waals surface area contributed by atoms with Gasteiger partial charge in [-0.3, -0.25) is 9.69 Å². The molecule has 0 bridgehead atoms. The molecule has 1 N–H and O–H groups in total. The van der Waals surface area contributed by atoms with Gasteiger partial charge in [0.05, 0.1) is 26.2 Å². The number of hydrogen-bond acceptors (Lipinski definition) is 8. The first-order chi connectivity index (χ1) is 20.0. The van der Waals surface area contributed by atoms with Crippen molar-refractivity contribution in [3.05, 3.63) is 129 Å². The van der Waals surface area contributed by atoms with E-state index in [9.17, 15) is 4.79 Å². The van der Waals surface area contributed by atoms with Crippen molar-refractivity contribution in [2.24, 2.45) is 0 Å². The maximum absolute atomic E-state index is 13.8. The molecule has 10 heteroatoms. The number of ether oxygens (including phenoxy) is 1. The highest BCUT2D eigenvalue weighted by Crippen LogP contribution is 2.31. The van der Waals surface area contributed by atoms with Crippen LogP contribution in [0.3, 0.4) is 0 Å². The van der Waals surface area contributed by atoms with Crippen LogP contribution < -0.4 is 10.3 Å². The summed E-state index contributed by atoms with van der Waals surface area (Å²) in [6.07, 6.45) is 3.26. The predicted octanol–water partition coefficient (Wildman–Crippen LogP) is 5.17. The molecule has 208 valence electrons. The van der Waals surface area contributed by atoms with Gasteiger partial charge < -0.3 is 18.6 Å². The molecule has 6 aromatic rings.